The maximum Gasteiger partial charge on any atom is 0.335 e. The molecule has 0 saturated carbocycles. The second-order valence-corrected chi connectivity index (χ2v) is 11.8. The van der Waals surface area contributed by atoms with Crippen LogP contribution in [0.15, 0.2) is 68.4 Å². The zero-order chi connectivity index (χ0) is 30.3. The van der Waals surface area contributed by atoms with Crippen LogP contribution in [-0.2, 0) is 16.6 Å². The van der Waals surface area contributed by atoms with Gasteiger partial charge in [0.05, 0.1) is 11.3 Å². The zero-order valence-electron chi connectivity index (χ0n) is 24.2. The molecule has 0 saturated heterocycles. The number of carbonyl (C=O) groups is 1. The van der Waals surface area contributed by atoms with Crippen molar-refractivity contribution in [1.82, 2.24) is 4.57 Å². The normalized spacial score (nSPS) is 12.5. The molecule has 11 heteroatoms. The summed E-state index contributed by atoms with van der Waals surface area (Å²) < 4.78 is 30.0. The van der Waals surface area contributed by atoms with E-state index in [1.165, 1.54) is 41.0 Å². The van der Waals surface area contributed by atoms with Gasteiger partial charge < -0.3 is 10.2 Å². The zero-order valence-corrected chi connectivity index (χ0v) is 25.0. The number of aromatic hydroxyl groups is 1. The number of hydrogen-bond donors (Lipinski definition) is 2. The lowest BCUT2D eigenvalue weighted by Gasteiger charge is -2.23. The van der Waals surface area contributed by atoms with Gasteiger partial charge in [-0.3, -0.25) is 13.7 Å². The predicted molar refractivity (Wildman–Crippen MR) is 159 cm³/mol. The summed E-state index contributed by atoms with van der Waals surface area (Å²) in [5, 5.41) is 28.4. The van der Waals surface area contributed by atoms with E-state index in [-0.39, 0.29) is 40.2 Å². The van der Waals surface area contributed by atoms with Gasteiger partial charge >= 0.3 is 5.97 Å². The fourth-order valence-corrected chi connectivity index (χ4v) is 6.24. The third-order valence-electron chi connectivity index (χ3n) is 7.32. The predicted octanol–water partition coefficient (Wildman–Crippen LogP) is 6.72. The summed E-state index contributed by atoms with van der Waals surface area (Å²) in [4.78, 5) is 24.6. The standard InChI is InChI=1S/C30H38N4O6S/c1-6-9-12-22(7-2)19-33-28(35)21(5)20(4)27(29(33)36)32-31-25-13-10-11-14-26(25)41(39,40)34(8-3)24-17-15-23(16-18-24)30(37)38/h10-11,13-18,22,35H,6-9,12,19H2,1-5H3,(H,37,38). The molecule has 0 aliphatic heterocycles. The second-order valence-electron chi connectivity index (χ2n) is 9.94. The van der Waals surface area contributed by atoms with Crippen LogP contribution in [0.2, 0.25) is 0 Å². The molecule has 41 heavy (non-hydrogen) atoms. The fourth-order valence-electron chi connectivity index (χ4n) is 4.64. The number of sulfonamides is 1. The molecule has 10 nitrogen and oxygen atoms in total. The van der Waals surface area contributed by atoms with Crippen LogP contribution in [0.3, 0.4) is 0 Å². The molecule has 0 spiro atoms. The number of aromatic nitrogens is 1. The summed E-state index contributed by atoms with van der Waals surface area (Å²) in [5.41, 5.74) is 0.893. The summed E-state index contributed by atoms with van der Waals surface area (Å²) in [6, 6.07) is 11.6. The minimum atomic E-state index is -4.13. The van der Waals surface area contributed by atoms with E-state index >= 15 is 0 Å². The van der Waals surface area contributed by atoms with Crippen LogP contribution in [0.25, 0.3) is 0 Å². The molecule has 1 unspecified atom stereocenters. The second kappa shape index (κ2) is 13.6. The van der Waals surface area contributed by atoms with E-state index in [0.29, 0.717) is 23.4 Å². The minimum absolute atomic E-state index is 0.0365. The topological polar surface area (TPSA) is 142 Å². The van der Waals surface area contributed by atoms with Gasteiger partial charge in [-0.2, -0.15) is 0 Å². The molecule has 0 amide bonds. The first-order valence-corrected chi connectivity index (χ1v) is 15.2. The van der Waals surface area contributed by atoms with Crippen LogP contribution in [0.5, 0.6) is 5.88 Å². The number of rotatable bonds is 13. The quantitative estimate of drug-likeness (QED) is 0.214. The molecule has 3 rings (SSSR count). The monoisotopic (exact) mass is 582 g/mol. The largest absolute Gasteiger partial charge is 0.494 e. The van der Waals surface area contributed by atoms with Gasteiger partial charge in [0.2, 0.25) is 0 Å². The molecule has 0 bridgehead atoms. The molecule has 1 atom stereocenters. The lowest BCUT2D eigenvalue weighted by atomic mass is 9.99. The molecule has 1 aromatic heterocycles. The Hall–Kier alpha value is -3.99. The van der Waals surface area contributed by atoms with E-state index in [9.17, 15) is 28.2 Å². The first kappa shape index (κ1) is 31.5. The first-order chi connectivity index (χ1) is 19.5. The third kappa shape index (κ3) is 6.84. The maximum absolute atomic E-state index is 13.8. The highest BCUT2D eigenvalue weighted by Gasteiger charge is 2.27. The van der Waals surface area contributed by atoms with Crippen LogP contribution in [0.4, 0.5) is 17.1 Å². The Morgan fingerprint density at radius 3 is 2.24 bits per heavy atom. The summed E-state index contributed by atoms with van der Waals surface area (Å²) in [7, 11) is -4.13. The van der Waals surface area contributed by atoms with Gasteiger partial charge in [-0.15, -0.1) is 10.2 Å². The number of nitrogens with zero attached hydrogens (tertiary/aromatic N) is 4. The molecule has 0 fully saturated rings. The summed E-state index contributed by atoms with van der Waals surface area (Å²) in [6.45, 7) is 9.65. The number of carboxylic acid groups (broad SMARTS) is 1. The SMILES string of the molecule is CCCCC(CC)Cn1c(O)c(C)c(C)c(N=Nc2ccccc2S(=O)(=O)N(CC)c2ccc(C(=O)O)cc2)c1=O. The van der Waals surface area contributed by atoms with E-state index in [1.54, 1.807) is 32.9 Å². The van der Waals surface area contributed by atoms with Crippen molar-refractivity contribution in [1.29, 1.82) is 0 Å². The molecule has 0 radical (unpaired) electrons. The van der Waals surface area contributed by atoms with E-state index in [4.69, 9.17) is 0 Å². The van der Waals surface area contributed by atoms with Crippen molar-refractivity contribution in [3.8, 4) is 5.88 Å². The Kier molecular flexibility index (Phi) is 10.4. The number of hydrogen-bond acceptors (Lipinski definition) is 7. The molecule has 0 aliphatic carbocycles. The van der Waals surface area contributed by atoms with E-state index < -0.39 is 21.6 Å². The molecule has 2 N–H and O–H groups in total. The highest BCUT2D eigenvalue weighted by atomic mass is 32.2. The van der Waals surface area contributed by atoms with Crippen LogP contribution < -0.4 is 9.86 Å². The van der Waals surface area contributed by atoms with Crippen LogP contribution >= 0.6 is 0 Å². The first-order valence-electron chi connectivity index (χ1n) is 13.8. The molecule has 2 aromatic carbocycles. The Morgan fingerprint density at radius 2 is 1.66 bits per heavy atom. The Bertz CT molecular complexity index is 1580. The van der Waals surface area contributed by atoms with E-state index in [0.717, 1.165) is 30.0 Å². The third-order valence-corrected chi connectivity index (χ3v) is 9.27. The number of carboxylic acids is 1. The summed E-state index contributed by atoms with van der Waals surface area (Å²) >= 11 is 0. The van der Waals surface area contributed by atoms with Crippen molar-refractivity contribution < 1.29 is 23.4 Å². The highest BCUT2D eigenvalue weighted by Crippen LogP contribution is 2.33. The van der Waals surface area contributed by atoms with Crippen LogP contribution in [-0.4, -0.2) is 35.7 Å². The van der Waals surface area contributed by atoms with Crippen molar-refractivity contribution in [3.05, 3.63) is 75.6 Å². The van der Waals surface area contributed by atoms with E-state index in [2.05, 4.69) is 24.1 Å². The molecular weight excluding hydrogens is 544 g/mol. The maximum atomic E-state index is 13.8. The number of benzene rings is 2. The lowest BCUT2D eigenvalue weighted by Crippen LogP contribution is -2.30. The van der Waals surface area contributed by atoms with Gasteiger partial charge in [-0.1, -0.05) is 45.2 Å². The van der Waals surface area contributed by atoms with Crippen molar-refractivity contribution in [2.75, 3.05) is 10.8 Å². The van der Waals surface area contributed by atoms with Crippen molar-refractivity contribution >= 4 is 33.1 Å². The van der Waals surface area contributed by atoms with Gasteiger partial charge in [-0.25, -0.2) is 13.2 Å². The average molecular weight is 583 g/mol. The minimum Gasteiger partial charge on any atom is -0.494 e. The lowest BCUT2D eigenvalue weighted by molar-refractivity contribution is 0.0697. The number of unbranched alkanes of at least 4 members (excludes halogenated alkanes) is 1. The van der Waals surface area contributed by atoms with Gasteiger partial charge in [0.25, 0.3) is 15.6 Å². The van der Waals surface area contributed by atoms with Crippen LogP contribution in [0.1, 0.15) is 67.9 Å². The number of anilines is 1. The molecule has 220 valence electrons. The van der Waals surface area contributed by atoms with Gasteiger partial charge in [0, 0.05) is 18.7 Å². The van der Waals surface area contributed by atoms with Crippen LogP contribution in [0, 0.1) is 19.8 Å². The number of azo groups is 1. The Morgan fingerprint density at radius 1 is 1.00 bits per heavy atom. The Labute approximate surface area is 241 Å². The van der Waals surface area contributed by atoms with Crippen molar-refractivity contribution in [3.63, 3.8) is 0 Å². The van der Waals surface area contributed by atoms with Crippen molar-refractivity contribution in [2.24, 2.45) is 16.1 Å². The van der Waals surface area contributed by atoms with Gasteiger partial charge in [0.1, 0.15) is 10.6 Å². The van der Waals surface area contributed by atoms with Crippen molar-refractivity contribution in [2.45, 2.75) is 71.7 Å². The highest BCUT2D eigenvalue weighted by molar-refractivity contribution is 7.93. The van der Waals surface area contributed by atoms with E-state index in [1.807, 2.05) is 0 Å². The summed E-state index contributed by atoms with van der Waals surface area (Å²) in [5.74, 6) is -1.00. The smallest absolute Gasteiger partial charge is 0.335 e. The Balaban J connectivity index is 2.05. The fraction of sp³-hybridized carbons (Fsp3) is 0.400. The van der Waals surface area contributed by atoms with Gasteiger partial charge in [0.15, 0.2) is 11.6 Å². The molecular formula is C30H38N4O6S. The molecule has 3 aromatic rings. The number of pyridine rings is 1. The van der Waals surface area contributed by atoms with Gasteiger partial charge in [-0.05, 0) is 75.1 Å². The molecule has 1 heterocycles. The number of aromatic carboxylic acids is 1. The molecule has 0 aliphatic rings. The summed E-state index contributed by atoms with van der Waals surface area (Å²) in [6.07, 6.45) is 3.85. The average Bonchev–Trinajstić information content (AvgIpc) is 2.96.